The van der Waals surface area contributed by atoms with Gasteiger partial charge in [0.05, 0.1) is 24.9 Å². The second-order valence-corrected chi connectivity index (χ2v) is 6.75. The summed E-state index contributed by atoms with van der Waals surface area (Å²) in [5, 5.41) is 7.59. The third kappa shape index (κ3) is 2.81. The van der Waals surface area contributed by atoms with Gasteiger partial charge in [-0.1, -0.05) is 25.0 Å². The van der Waals surface area contributed by atoms with Crippen LogP contribution in [0, 0.1) is 0 Å². The van der Waals surface area contributed by atoms with Gasteiger partial charge in [-0.25, -0.2) is 9.48 Å². The molecule has 2 heterocycles. The minimum absolute atomic E-state index is 0.00860. The normalized spacial score (nSPS) is 20.2. The molecule has 4 rings (SSSR count). The zero-order chi connectivity index (χ0) is 17.4. The van der Waals surface area contributed by atoms with Crippen LogP contribution in [0.5, 0.6) is 0 Å². The summed E-state index contributed by atoms with van der Waals surface area (Å²) in [5.41, 5.74) is 2.57. The SMILES string of the molecule is COC(=O)c1ccc([C@@H]2CC(=O)Nc3c2cnn3C2CCCC2)cc1. The Bertz CT molecular complexity index is 804. The third-order valence-corrected chi connectivity index (χ3v) is 5.25. The average molecular weight is 339 g/mol. The maximum atomic E-state index is 12.3. The van der Waals surface area contributed by atoms with Crippen LogP contribution in [0.1, 0.15) is 65.5 Å². The quantitative estimate of drug-likeness (QED) is 0.871. The van der Waals surface area contributed by atoms with Gasteiger partial charge >= 0.3 is 5.97 Å². The van der Waals surface area contributed by atoms with Crippen LogP contribution < -0.4 is 5.32 Å². The molecule has 25 heavy (non-hydrogen) atoms. The molecular weight excluding hydrogens is 318 g/mol. The average Bonchev–Trinajstić information content (AvgIpc) is 3.29. The lowest BCUT2D eigenvalue weighted by Crippen LogP contribution is -2.25. The number of methoxy groups -OCH3 is 1. The van der Waals surface area contributed by atoms with Crippen molar-refractivity contribution >= 4 is 17.7 Å². The molecule has 6 nitrogen and oxygen atoms in total. The van der Waals surface area contributed by atoms with Crippen LogP contribution in [0.3, 0.4) is 0 Å². The standard InChI is InChI=1S/C19H21N3O3/c1-25-19(24)13-8-6-12(7-9-13)15-10-17(23)21-18-16(15)11-20-22(18)14-4-2-3-5-14/h6-9,11,14-15H,2-5,10H2,1H3,(H,21,23)/t15-/m0/s1. The molecule has 130 valence electrons. The molecule has 6 heteroatoms. The fourth-order valence-corrected chi connectivity index (χ4v) is 3.93. The Morgan fingerprint density at radius 1 is 1.24 bits per heavy atom. The summed E-state index contributed by atoms with van der Waals surface area (Å²) in [6.45, 7) is 0. The Morgan fingerprint density at radius 3 is 2.64 bits per heavy atom. The lowest BCUT2D eigenvalue weighted by molar-refractivity contribution is -0.116. The number of amides is 1. The van der Waals surface area contributed by atoms with Gasteiger partial charge in [0.1, 0.15) is 5.82 Å². The Labute approximate surface area is 146 Å². The van der Waals surface area contributed by atoms with E-state index in [0.717, 1.165) is 29.8 Å². The lowest BCUT2D eigenvalue weighted by atomic mass is 9.87. The molecular formula is C19H21N3O3. The Hall–Kier alpha value is -2.63. The molecule has 1 aromatic heterocycles. The fourth-order valence-electron chi connectivity index (χ4n) is 3.93. The van der Waals surface area contributed by atoms with Gasteiger partial charge in [-0.15, -0.1) is 0 Å². The number of carbonyl (C=O) groups is 2. The van der Waals surface area contributed by atoms with E-state index >= 15 is 0 Å². The van der Waals surface area contributed by atoms with Gasteiger partial charge in [0.2, 0.25) is 5.91 Å². The first-order valence-electron chi connectivity index (χ1n) is 8.73. The number of nitrogens with one attached hydrogen (secondary N) is 1. The second kappa shape index (κ2) is 6.35. The summed E-state index contributed by atoms with van der Waals surface area (Å²) >= 11 is 0. The number of anilines is 1. The first-order valence-corrected chi connectivity index (χ1v) is 8.73. The summed E-state index contributed by atoms with van der Waals surface area (Å²) in [6, 6.07) is 7.66. The van der Waals surface area contributed by atoms with E-state index in [-0.39, 0.29) is 17.8 Å². The highest BCUT2D eigenvalue weighted by atomic mass is 16.5. The Kier molecular flexibility index (Phi) is 4.03. The predicted molar refractivity (Wildman–Crippen MR) is 92.6 cm³/mol. The topological polar surface area (TPSA) is 73.2 Å². The molecule has 1 aromatic carbocycles. The van der Waals surface area contributed by atoms with Crippen molar-refractivity contribution in [3.63, 3.8) is 0 Å². The van der Waals surface area contributed by atoms with Gasteiger partial charge < -0.3 is 10.1 Å². The Balaban J connectivity index is 1.68. The molecule has 1 fully saturated rings. The molecule has 1 aliphatic heterocycles. The molecule has 1 aliphatic carbocycles. The smallest absolute Gasteiger partial charge is 0.337 e. The first kappa shape index (κ1) is 15.9. The summed E-state index contributed by atoms with van der Waals surface area (Å²) < 4.78 is 6.73. The Morgan fingerprint density at radius 2 is 1.96 bits per heavy atom. The van der Waals surface area contributed by atoms with Crippen LogP contribution in [0.4, 0.5) is 5.82 Å². The molecule has 1 amide bonds. The van der Waals surface area contributed by atoms with E-state index in [1.807, 2.05) is 23.0 Å². The van der Waals surface area contributed by atoms with Crippen molar-refractivity contribution < 1.29 is 14.3 Å². The van der Waals surface area contributed by atoms with E-state index in [0.29, 0.717) is 18.0 Å². The van der Waals surface area contributed by atoms with Gasteiger partial charge in [-0.2, -0.15) is 5.10 Å². The van der Waals surface area contributed by atoms with Crippen LogP contribution in [-0.2, 0) is 9.53 Å². The van der Waals surface area contributed by atoms with Gasteiger partial charge in [-0.3, -0.25) is 4.79 Å². The van der Waals surface area contributed by atoms with Crippen molar-refractivity contribution in [2.24, 2.45) is 0 Å². The number of benzene rings is 1. The number of rotatable bonds is 3. The van der Waals surface area contributed by atoms with E-state index in [1.54, 1.807) is 12.1 Å². The summed E-state index contributed by atoms with van der Waals surface area (Å²) in [7, 11) is 1.37. The van der Waals surface area contributed by atoms with Crippen LogP contribution in [0.25, 0.3) is 0 Å². The highest BCUT2D eigenvalue weighted by Gasteiger charge is 2.32. The molecule has 1 atom stereocenters. The summed E-state index contributed by atoms with van der Waals surface area (Å²) in [4.78, 5) is 23.9. The minimum Gasteiger partial charge on any atom is -0.465 e. The molecule has 0 saturated heterocycles. The molecule has 1 N–H and O–H groups in total. The van der Waals surface area contributed by atoms with Crippen molar-refractivity contribution in [2.45, 2.75) is 44.1 Å². The van der Waals surface area contributed by atoms with Crippen molar-refractivity contribution in [3.8, 4) is 0 Å². The number of ether oxygens (including phenoxy) is 1. The van der Waals surface area contributed by atoms with Crippen molar-refractivity contribution in [1.29, 1.82) is 0 Å². The maximum Gasteiger partial charge on any atom is 0.337 e. The summed E-state index contributed by atoms with van der Waals surface area (Å²) in [6.07, 6.45) is 6.93. The molecule has 2 aromatic rings. The molecule has 0 unspecified atom stereocenters. The van der Waals surface area contributed by atoms with E-state index < -0.39 is 0 Å². The number of hydrogen-bond acceptors (Lipinski definition) is 4. The number of nitrogens with zero attached hydrogens (tertiary/aromatic N) is 2. The highest BCUT2D eigenvalue weighted by Crippen LogP contribution is 2.40. The summed E-state index contributed by atoms with van der Waals surface area (Å²) in [5.74, 6) is 0.452. The van der Waals surface area contributed by atoms with Gasteiger partial charge in [-0.05, 0) is 30.5 Å². The van der Waals surface area contributed by atoms with E-state index in [9.17, 15) is 9.59 Å². The molecule has 0 spiro atoms. The highest BCUT2D eigenvalue weighted by molar-refractivity contribution is 5.94. The minimum atomic E-state index is -0.359. The van der Waals surface area contributed by atoms with Gasteiger partial charge in [0.15, 0.2) is 0 Å². The van der Waals surface area contributed by atoms with Crippen molar-refractivity contribution in [3.05, 3.63) is 47.2 Å². The van der Waals surface area contributed by atoms with Gasteiger partial charge in [0, 0.05) is 17.9 Å². The van der Waals surface area contributed by atoms with Crippen molar-refractivity contribution in [2.75, 3.05) is 12.4 Å². The largest absolute Gasteiger partial charge is 0.465 e. The predicted octanol–water partition coefficient (Wildman–Crippen LogP) is 3.26. The van der Waals surface area contributed by atoms with Crippen LogP contribution in [0.2, 0.25) is 0 Å². The zero-order valence-electron chi connectivity index (χ0n) is 14.2. The van der Waals surface area contributed by atoms with Crippen LogP contribution in [-0.4, -0.2) is 28.8 Å². The second-order valence-electron chi connectivity index (χ2n) is 6.75. The number of hydrogen-bond donors (Lipinski definition) is 1. The van der Waals surface area contributed by atoms with Crippen LogP contribution >= 0.6 is 0 Å². The first-order chi connectivity index (χ1) is 12.2. The third-order valence-electron chi connectivity index (χ3n) is 5.25. The van der Waals surface area contributed by atoms with E-state index in [2.05, 4.69) is 10.4 Å². The van der Waals surface area contributed by atoms with Crippen molar-refractivity contribution in [1.82, 2.24) is 9.78 Å². The van der Waals surface area contributed by atoms with E-state index in [1.165, 1.54) is 20.0 Å². The molecule has 0 bridgehead atoms. The monoisotopic (exact) mass is 339 g/mol. The van der Waals surface area contributed by atoms with Gasteiger partial charge in [0.25, 0.3) is 0 Å². The molecule has 0 radical (unpaired) electrons. The maximum absolute atomic E-state index is 12.3. The molecule has 2 aliphatic rings. The van der Waals surface area contributed by atoms with Crippen LogP contribution in [0.15, 0.2) is 30.5 Å². The fraction of sp³-hybridized carbons (Fsp3) is 0.421. The molecule has 1 saturated carbocycles. The number of fused-ring (bicyclic) bond motifs is 1. The van der Waals surface area contributed by atoms with E-state index in [4.69, 9.17) is 4.74 Å². The zero-order valence-corrected chi connectivity index (χ0v) is 14.2. The number of aromatic nitrogens is 2. The number of carbonyl (C=O) groups excluding carboxylic acids is 2. The number of esters is 1. The lowest BCUT2D eigenvalue weighted by Gasteiger charge is -2.25.